The first-order chi connectivity index (χ1) is 8.02. The topological polar surface area (TPSA) is 61.1 Å². The maximum absolute atomic E-state index is 10.6. The quantitative estimate of drug-likeness (QED) is 0.847. The van der Waals surface area contributed by atoms with Crippen molar-refractivity contribution in [3.63, 3.8) is 0 Å². The van der Waals surface area contributed by atoms with Gasteiger partial charge in [-0.05, 0) is 23.5 Å². The number of nitriles is 1. The van der Waals surface area contributed by atoms with Gasteiger partial charge in [-0.15, -0.1) is 0 Å². The van der Waals surface area contributed by atoms with Crippen LogP contribution in [0.15, 0.2) is 24.3 Å². The lowest BCUT2D eigenvalue weighted by Gasteiger charge is -2.09. The van der Waals surface area contributed by atoms with E-state index < -0.39 is 11.9 Å². The molecular formula is C14H17NO2. The Morgan fingerprint density at radius 1 is 1.35 bits per heavy atom. The molecule has 1 atom stereocenters. The van der Waals surface area contributed by atoms with Gasteiger partial charge in [-0.2, -0.15) is 5.26 Å². The second kappa shape index (κ2) is 6.05. The van der Waals surface area contributed by atoms with E-state index in [4.69, 9.17) is 10.4 Å². The number of rotatable bonds is 5. The molecule has 90 valence electrons. The summed E-state index contributed by atoms with van der Waals surface area (Å²) in [6.07, 6.45) is 0.406. The number of nitrogens with zero attached hydrogens (tertiary/aromatic N) is 1. The van der Waals surface area contributed by atoms with Crippen LogP contribution in [-0.2, 0) is 11.2 Å². The molecule has 0 heterocycles. The maximum atomic E-state index is 10.6. The Kier molecular flexibility index (Phi) is 4.71. The number of hydrogen-bond donors (Lipinski definition) is 1. The van der Waals surface area contributed by atoms with Gasteiger partial charge in [0, 0.05) is 0 Å². The van der Waals surface area contributed by atoms with Crippen LogP contribution in [-0.4, -0.2) is 11.1 Å². The van der Waals surface area contributed by atoms with Crippen molar-refractivity contribution in [3.8, 4) is 6.07 Å². The van der Waals surface area contributed by atoms with E-state index in [9.17, 15) is 4.79 Å². The molecule has 1 aromatic carbocycles. The minimum atomic E-state index is -0.921. The maximum Gasteiger partial charge on any atom is 0.304 e. The minimum absolute atomic E-state index is 0.0948. The first-order valence-electron chi connectivity index (χ1n) is 5.73. The Labute approximate surface area is 102 Å². The highest BCUT2D eigenvalue weighted by Crippen LogP contribution is 2.17. The standard InChI is InChI=1S/C14H17NO2/c1-10(2)13-5-3-11(4-6-13)7-12(9-15)8-14(16)17/h3-6,10,12H,7-8H2,1-2H3,(H,16,17). The van der Waals surface area contributed by atoms with Gasteiger partial charge in [0.15, 0.2) is 0 Å². The van der Waals surface area contributed by atoms with Gasteiger partial charge in [0.05, 0.1) is 18.4 Å². The third-order valence-electron chi connectivity index (χ3n) is 2.73. The molecule has 0 aromatic heterocycles. The summed E-state index contributed by atoms with van der Waals surface area (Å²) in [4.78, 5) is 10.6. The van der Waals surface area contributed by atoms with Gasteiger partial charge in [-0.3, -0.25) is 4.79 Å². The molecule has 0 radical (unpaired) electrons. The Balaban J connectivity index is 2.68. The first-order valence-corrected chi connectivity index (χ1v) is 5.73. The van der Waals surface area contributed by atoms with E-state index in [2.05, 4.69) is 13.8 Å². The molecule has 0 spiro atoms. The van der Waals surface area contributed by atoms with Crippen molar-refractivity contribution < 1.29 is 9.90 Å². The average molecular weight is 231 g/mol. The van der Waals surface area contributed by atoms with Crippen molar-refractivity contribution in [1.82, 2.24) is 0 Å². The summed E-state index contributed by atoms with van der Waals surface area (Å²) in [6, 6.07) is 10.1. The molecule has 0 amide bonds. The van der Waals surface area contributed by atoms with Crippen molar-refractivity contribution in [2.75, 3.05) is 0 Å². The molecule has 1 rings (SSSR count). The zero-order valence-corrected chi connectivity index (χ0v) is 10.2. The van der Waals surface area contributed by atoms with Crippen LogP contribution in [0.25, 0.3) is 0 Å². The van der Waals surface area contributed by atoms with E-state index in [0.29, 0.717) is 12.3 Å². The highest BCUT2D eigenvalue weighted by Gasteiger charge is 2.13. The summed E-state index contributed by atoms with van der Waals surface area (Å²) >= 11 is 0. The van der Waals surface area contributed by atoms with Gasteiger partial charge in [-0.25, -0.2) is 0 Å². The SMILES string of the molecule is CC(C)c1ccc(CC(C#N)CC(=O)O)cc1. The van der Waals surface area contributed by atoms with Crippen molar-refractivity contribution in [3.05, 3.63) is 35.4 Å². The van der Waals surface area contributed by atoms with Crippen LogP contribution in [0.4, 0.5) is 0 Å². The number of carbonyl (C=O) groups is 1. The van der Waals surface area contributed by atoms with Gasteiger partial charge < -0.3 is 5.11 Å². The van der Waals surface area contributed by atoms with Gasteiger partial charge in [0.1, 0.15) is 0 Å². The normalized spacial score (nSPS) is 12.1. The van der Waals surface area contributed by atoms with E-state index in [-0.39, 0.29) is 6.42 Å². The fourth-order valence-electron chi connectivity index (χ4n) is 1.70. The van der Waals surface area contributed by atoms with Gasteiger partial charge in [0.2, 0.25) is 0 Å². The fourth-order valence-corrected chi connectivity index (χ4v) is 1.70. The zero-order valence-electron chi connectivity index (χ0n) is 10.2. The molecular weight excluding hydrogens is 214 g/mol. The number of hydrogen-bond acceptors (Lipinski definition) is 2. The van der Waals surface area contributed by atoms with E-state index in [0.717, 1.165) is 5.56 Å². The second-order valence-electron chi connectivity index (χ2n) is 4.52. The molecule has 0 fully saturated rings. The molecule has 0 saturated heterocycles. The van der Waals surface area contributed by atoms with Crippen molar-refractivity contribution in [1.29, 1.82) is 5.26 Å². The van der Waals surface area contributed by atoms with Crippen LogP contribution in [0.3, 0.4) is 0 Å². The van der Waals surface area contributed by atoms with Crippen LogP contribution in [0.5, 0.6) is 0 Å². The molecule has 3 heteroatoms. The highest BCUT2D eigenvalue weighted by atomic mass is 16.4. The molecule has 3 nitrogen and oxygen atoms in total. The Bertz CT molecular complexity index is 415. The van der Waals surface area contributed by atoms with Crippen LogP contribution >= 0.6 is 0 Å². The third-order valence-corrected chi connectivity index (χ3v) is 2.73. The van der Waals surface area contributed by atoms with Gasteiger partial charge in [-0.1, -0.05) is 38.1 Å². The lowest BCUT2D eigenvalue weighted by atomic mass is 9.95. The first kappa shape index (κ1) is 13.2. The van der Waals surface area contributed by atoms with Crippen molar-refractivity contribution in [2.24, 2.45) is 5.92 Å². The molecule has 1 aromatic rings. The lowest BCUT2D eigenvalue weighted by Crippen LogP contribution is -2.08. The molecule has 1 unspecified atom stereocenters. The van der Waals surface area contributed by atoms with Gasteiger partial charge in [0.25, 0.3) is 0 Å². The summed E-state index contributed by atoms with van der Waals surface area (Å²) in [5.74, 6) is -0.886. The number of benzene rings is 1. The van der Waals surface area contributed by atoms with Gasteiger partial charge >= 0.3 is 5.97 Å². The fraction of sp³-hybridized carbons (Fsp3) is 0.429. The number of carboxylic acid groups (broad SMARTS) is 1. The Morgan fingerprint density at radius 2 is 1.94 bits per heavy atom. The molecule has 0 aliphatic rings. The van der Waals surface area contributed by atoms with Crippen LogP contribution in [0, 0.1) is 17.2 Å². The van der Waals surface area contributed by atoms with Crippen LogP contribution in [0.2, 0.25) is 0 Å². The van der Waals surface area contributed by atoms with E-state index >= 15 is 0 Å². The van der Waals surface area contributed by atoms with Crippen LogP contribution < -0.4 is 0 Å². The highest BCUT2D eigenvalue weighted by molar-refractivity contribution is 5.67. The second-order valence-corrected chi connectivity index (χ2v) is 4.52. The zero-order chi connectivity index (χ0) is 12.8. The molecule has 0 aliphatic carbocycles. The monoisotopic (exact) mass is 231 g/mol. The molecule has 0 saturated carbocycles. The third kappa shape index (κ3) is 4.28. The Morgan fingerprint density at radius 3 is 2.35 bits per heavy atom. The molecule has 17 heavy (non-hydrogen) atoms. The molecule has 1 N–H and O–H groups in total. The summed E-state index contributed by atoms with van der Waals surface area (Å²) in [5, 5.41) is 17.5. The van der Waals surface area contributed by atoms with E-state index in [1.807, 2.05) is 30.3 Å². The average Bonchev–Trinajstić information content (AvgIpc) is 2.28. The summed E-state index contributed by atoms with van der Waals surface area (Å²) in [5.41, 5.74) is 2.27. The number of carboxylic acids is 1. The predicted molar refractivity (Wildman–Crippen MR) is 65.6 cm³/mol. The summed E-state index contributed by atoms with van der Waals surface area (Å²) in [6.45, 7) is 4.25. The Hall–Kier alpha value is -1.82. The van der Waals surface area contributed by atoms with Crippen LogP contribution in [0.1, 0.15) is 37.3 Å². The molecule has 0 bridgehead atoms. The smallest absolute Gasteiger partial charge is 0.304 e. The minimum Gasteiger partial charge on any atom is -0.481 e. The lowest BCUT2D eigenvalue weighted by molar-refractivity contribution is -0.137. The predicted octanol–water partition coefficient (Wildman–Crippen LogP) is 2.97. The largest absolute Gasteiger partial charge is 0.481 e. The molecule has 0 aliphatic heterocycles. The summed E-state index contributed by atoms with van der Waals surface area (Å²) in [7, 11) is 0. The number of aliphatic carboxylic acids is 1. The van der Waals surface area contributed by atoms with E-state index in [1.54, 1.807) is 0 Å². The van der Waals surface area contributed by atoms with E-state index in [1.165, 1.54) is 5.56 Å². The van der Waals surface area contributed by atoms with Crippen molar-refractivity contribution in [2.45, 2.75) is 32.6 Å². The van der Waals surface area contributed by atoms with Crippen molar-refractivity contribution >= 4 is 5.97 Å². The summed E-state index contributed by atoms with van der Waals surface area (Å²) < 4.78 is 0.